The molecule has 1 aliphatic rings. The molecule has 0 spiro atoms. The van der Waals surface area contributed by atoms with Gasteiger partial charge in [0.15, 0.2) is 0 Å². The van der Waals surface area contributed by atoms with Crippen molar-refractivity contribution in [3.05, 3.63) is 65.7 Å². The van der Waals surface area contributed by atoms with Crippen LogP contribution in [0.2, 0.25) is 0 Å². The Morgan fingerprint density at radius 2 is 2.00 bits per heavy atom. The second-order valence-electron chi connectivity index (χ2n) is 6.09. The highest BCUT2D eigenvalue weighted by atomic mass is 35.5. The van der Waals surface area contributed by atoms with Crippen LogP contribution in [0.25, 0.3) is 0 Å². The summed E-state index contributed by atoms with van der Waals surface area (Å²) in [5.41, 5.74) is 1.93. The normalized spacial score (nSPS) is 17.5. The van der Waals surface area contributed by atoms with E-state index in [0.717, 1.165) is 30.5 Å². The number of pyridine rings is 1. The summed E-state index contributed by atoms with van der Waals surface area (Å²) in [6, 6.07) is 10.0. The molecule has 0 saturated carbocycles. The first-order valence-corrected chi connectivity index (χ1v) is 8.41. The number of carbonyl (C=O) groups is 1. The van der Waals surface area contributed by atoms with E-state index < -0.39 is 0 Å². The zero-order chi connectivity index (χ0) is 17.6. The average molecular weight is 380 g/mol. The average Bonchev–Trinajstić information content (AvgIpc) is 3.14. The molecule has 2 amide bonds. The van der Waals surface area contributed by atoms with Gasteiger partial charge in [-0.05, 0) is 48.2 Å². The molecule has 1 fully saturated rings. The number of halogens is 2. The molecule has 2 atom stereocenters. The third-order valence-electron chi connectivity index (χ3n) is 4.57. The number of hydrogen-bond acceptors (Lipinski definition) is 3. The molecule has 2 aromatic rings. The summed E-state index contributed by atoms with van der Waals surface area (Å²) in [6.07, 6.45) is 5.11. The Morgan fingerprint density at radius 3 is 2.65 bits per heavy atom. The number of ether oxygens (including phenoxy) is 1. The Labute approximate surface area is 159 Å². The minimum atomic E-state index is -0.313. The van der Waals surface area contributed by atoms with Gasteiger partial charge in [0.2, 0.25) is 0 Å². The maximum atomic E-state index is 13.1. The lowest BCUT2D eigenvalue weighted by Gasteiger charge is -2.26. The van der Waals surface area contributed by atoms with Gasteiger partial charge >= 0.3 is 6.03 Å². The number of nitrogens with zero attached hydrogens (tertiary/aromatic N) is 2. The molecule has 2 unspecified atom stereocenters. The highest BCUT2D eigenvalue weighted by Gasteiger charge is 2.30. The molecule has 0 bridgehead atoms. The zero-order valence-electron chi connectivity index (χ0n) is 14.6. The lowest BCUT2D eigenvalue weighted by molar-refractivity contribution is 0.101. The first-order valence-electron chi connectivity index (χ1n) is 8.41. The molecule has 2 heterocycles. The quantitative estimate of drug-likeness (QED) is 0.857. The van der Waals surface area contributed by atoms with E-state index in [9.17, 15) is 9.18 Å². The minimum Gasteiger partial charge on any atom is -0.375 e. The van der Waals surface area contributed by atoms with E-state index in [1.54, 1.807) is 31.6 Å². The van der Waals surface area contributed by atoms with Crippen molar-refractivity contribution >= 4 is 18.4 Å². The highest BCUT2D eigenvalue weighted by Crippen LogP contribution is 2.31. The van der Waals surface area contributed by atoms with E-state index in [0.29, 0.717) is 6.54 Å². The molecule has 7 heteroatoms. The van der Waals surface area contributed by atoms with Gasteiger partial charge in [0.25, 0.3) is 0 Å². The van der Waals surface area contributed by atoms with E-state index in [-0.39, 0.29) is 36.4 Å². The number of urea groups is 1. The molecule has 1 aliphatic heterocycles. The second kappa shape index (κ2) is 9.50. The Kier molecular flexibility index (Phi) is 7.36. The lowest BCUT2D eigenvalue weighted by Crippen LogP contribution is -2.41. The molecule has 1 N–H and O–H groups in total. The molecule has 3 rings (SSSR count). The van der Waals surface area contributed by atoms with Crippen molar-refractivity contribution in [1.29, 1.82) is 0 Å². The number of carbonyl (C=O) groups excluding carboxylic acids is 1. The van der Waals surface area contributed by atoms with Gasteiger partial charge in [-0.3, -0.25) is 4.98 Å². The molecule has 0 aliphatic carbocycles. The summed E-state index contributed by atoms with van der Waals surface area (Å²) in [5, 5.41) is 2.94. The third-order valence-corrected chi connectivity index (χ3v) is 4.57. The number of amides is 2. The fraction of sp³-hybridized carbons (Fsp3) is 0.368. The summed E-state index contributed by atoms with van der Waals surface area (Å²) in [6.45, 7) is 1.06. The Morgan fingerprint density at radius 1 is 1.31 bits per heavy atom. The van der Waals surface area contributed by atoms with Crippen LogP contribution in [0.3, 0.4) is 0 Å². The van der Waals surface area contributed by atoms with E-state index in [1.165, 1.54) is 12.1 Å². The second-order valence-corrected chi connectivity index (χ2v) is 6.09. The van der Waals surface area contributed by atoms with Crippen LogP contribution in [0, 0.1) is 5.82 Å². The van der Waals surface area contributed by atoms with Crippen molar-refractivity contribution in [2.24, 2.45) is 0 Å². The fourth-order valence-electron chi connectivity index (χ4n) is 3.24. The van der Waals surface area contributed by atoms with Crippen molar-refractivity contribution in [3.8, 4) is 0 Å². The van der Waals surface area contributed by atoms with Gasteiger partial charge in [0.05, 0.1) is 12.1 Å². The van der Waals surface area contributed by atoms with Gasteiger partial charge in [0, 0.05) is 32.6 Å². The first-order chi connectivity index (χ1) is 12.2. The molecule has 26 heavy (non-hydrogen) atoms. The van der Waals surface area contributed by atoms with E-state index >= 15 is 0 Å². The molecule has 0 radical (unpaired) electrons. The smallest absolute Gasteiger partial charge is 0.318 e. The maximum absolute atomic E-state index is 13.1. The predicted molar refractivity (Wildman–Crippen MR) is 99.7 cm³/mol. The molecule has 1 saturated heterocycles. The summed E-state index contributed by atoms with van der Waals surface area (Å²) in [5.74, 6) is -0.292. The van der Waals surface area contributed by atoms with Gasteiger partial charge < -0.3 is 15.0 Å². The van der Waals surface area contributed by atoms with Gasteiger partial charge in [-0.1, -0.05) is 12.1 Å². The van der Waals surface area contributed by atoms with Crippen molar-refractivity contribution in [2.75, 3.05) is 20.2 Å². The van der Waals surface area contributed by atoms with Crippen LogP contribution >= 0.6 is 12.4 Å². The van der Waals surface area contributed by atoms with Gasteiger partial charge in [-0.2, -0.15) is 0 Å². The van der Waals surface area contributed by atoms with Crippen LogP contribution in [0.15, 0.2) is 48.8 Å². The van der Waals surface area contributed by atoms with Crippen LogP contribution in [0.4, 0.5) is 9.18 Å². The third kappa shape index (κ3) is 4.71. The number of methoxy groups -OCH3 is 1. The molecular weight excluding hydrogens is 357 g/mol. The summed E-state index contributed by atoms with van der Waals surface area (Å²) in [7, 11) is 1.58. The number of hydrogen-bond donors (Lipinski definition) is 1. The van der Waals surface area contributed by atoms with Crippen LogP contribution in [-0.2, 0) is 4.74 Å². The van der Waals surface area contributed by atoms with E-state index in [2.05, 4.69) is 10.3 Å². The maximum Gasteiger partial charge on any atom is 0.318 e. The largest absolute Gasteiger partial charge is 0.375 e. The first kappa shape index (κ1) is 20.1. The predicted octanol–water partition coefficient (Wildman–Crippen LogP) is 3.88. The van der Waals surface area contributed by atoms with Crippen molar-refractivity contribution in [3.63, 3.8) is 0 Å². The number of aromatic nitrogens is 1. The van der Waals surface area contributed by atoms with E-state index in [4.69, 9.17) is 4.74 Å². The number of benzene rings is 1. The lowest BCUT2D eigenvalue weighted by atomic mass is 10.1. The van der Waals surface area contributed by atoms with Gasteiger partial charge in [0.1, 0.15) is 5.82 Å². The van der Waals surface area contributed by atoms with Crippen LogP contribution in [-0.4, -0.2) is 36.1 Å². The van der Waals surface area contributed by atoms with Gasteiger partial charge in [-0.25, -0.2) is 9.18 Å². The summed E-state index contributed by atoms with van der Waals surface area (Å²) >= 11 is 0. The number of likely N-dealkylation sites (tertiary alicyclic amines) is 1. The van der Waals surface area contributed by atoms with E-state index in [1.807, 2.05) is 17.0 Å². The fourth-order valence-corrected chi connectivity index (χ4v) is 3.24. The number of nitrogens with one attached hydrogen (secondary N) is 1. The highest BCUT2D eigenvalue weighted by molar-refractivity contribution is 5.85. The standard InChI is InChI=1S/C19H22FN3O2.ClH/c1-25-18(15-4-6-16(20)7-5-15)13-22-19(24)23-12-2-3-17(23)14-8-10-21-11-9-14;/h4-11,17-18H,2-3,12-13H2,1H3,(H,22,24);1H. The summed E-state index contributed by atoms with van der Waals surface area (Å²) < 4.78 is 18.5. The summed E-state index contributed by atoms with van der Waals surface area (Å²) in [4.78, 5) is 18.5. The Bertz CT molecular complexity index is 700. The molecule has 5 nitrogen and oxygen atoms in total. The number of rotatable bonds is 5. The van der Waals surface area contributed by atoms with Crippen LogP contribution < -0.4 is 5.32 Å². The van der Waals surface area contributed by atoms with Crippen LogP contribution in [0.5, 0.6) is 0 Å². The Hall–Kier alpha value is -2.18. The van der Waals surface area contributed by atoms with Gasteiger partial charge in [-0.15, -0.1) is 12.4 Å². The molecule has 140 valence electrons. The molecular formula is C19H23ClFN3O2. The SMILES string of the molecule is COC(CNC(=O)N1CCCC1c1ccncc1)c1ccc(F)cc1.Cl. The van der Waals surface area contributed by atoms with Crippen LogP contribution in [0.1, 0.15) is 36.1 Å². The van der Waals surface area contributed by atoms with Crippen molar-refractivity contribution in [1.82, 2.24) is 15.2 Å². The van der Waals surface area contributed by atoms with Crippen molar-refractivity contribution < 1.29 is 13.9 Å². The zero-order valence-corrected chi connectivity index (χ0v) is 15.4. The minimum absolute atomic E-state index is 0. The monoisotopic (exact) mass is 379 g/mol. The molecule has 1 aromatic heterocycles. The van der Waals surface area contributed by atoms with Crippen molar-refractivity contribution in [2.45, 2.75) is 25.0 Å². The Balaban J connectivity index is 0.00000243. The topological polar surface area (TPSA) is 54.5 Å². The molecule has 1 aromatic carbocycles.